The summed E-state index contributed by atoms with van der Waals surface area (Å²) < 4.78 is 5.96. The molecular formula is C24H22N2O5. The van der Waals surface area contributed by atoms with Gasteiger partial charge in [-0.25, -0.2) is 0 Å². The molecule has 2 amide bonds. The van der Waals surface area contributed by atoms with Crippen LogP contribution in [0, 0.1) is 6.92 Å². The number of carbonyl (C=O) groups is 2. The topological polar surface area (TPSA) is 91.1 Å². The van der Waals surface area contributed by atoms with Crippen LogP contribution in [0.25, 0.3) is 11.0 Å². The molecule has 1 aromatic heterocycles. The Labute approximate surface area is 178 Å². The number of aliphatic hydroxyl groups is 1. The summed E-state index contributed by atoms with van der Waals surface area (Å²) in [5, 5.41) is 9.78. The molecule has 1 N–H and O–H groups in total. The van der Waals surface area contributed by atoms with Crippen LogP contribution in [0.2, 0.25) is 0 Å². The number of para-hydroxylation sites is 1. The van der Waals surface area contributed by atoms with Gasteiger partial charge < -0.3 is 19.3 Å². The minimum absolute atomic E-state index is 0.0712. The summed E-state index contributed by atoms with van der Waals surface area (Å²) in [6.07, 6.45) is 0.274. The first-order chi connectivity index (χ1) is 15.0. The smallest absolute Gasteiger partial charge is 0.291 e. The summed E-state index contributed by atoms with van der Waals surface area (Å²) in [6.45, 7) is 4.09. The maximum absolute atomic E-state index is 13.9. The van der Waals surface area contributed by atoms with Crippen LogP contribution < -0.4 is 10.3 Å². The van der Waals surface area contributed by atoms with E-state index in [0.717, 1.165) is 5.56 Å². The largest absolute Gasteiger partial charge is 0.450 e. The number of hydrogen-bond acceptors (Lipinski definition) is 5. The number of benzene rings is 2. The Kier molecular flexibility index (Phi) is 4.27. The number of amides is 2. The molecule has 1 unspecified atom stereocenters. The van der Waals surface area contributed by atoms with Gasteiger partial charge in [0.15, 0.2) is 11.0 Å². The van der Waals surface area contributed by atoms with Gasteiger partial charge >= 0.3 is 0 Å². The average molecular weight is 418 g/mol. The summed E-state index contributed by atoms with van der Waals surface area (Å²) >= 11 is 0. The molecule has 0 saturated heterocycles. The average Bonchev–Trinajstić information content (AvgIpc) is 3.17. The summed E-state index contributed by atoms with van der Waals surface area (Å²) in [7, 11) is 0. The minimum Gasteiger partial charge on any atom is -0.450 e. The van der Waals surface area contributed by atoms with E-state index in [0.29, 0.717) is 28.8 Å². The molecule has 1 spiro atoms. The lowest BCUT2D eigenvalue weighted by atomic mass is 9.84. The van der Waals surface area contributed by atoms with Crippen LogP contribution in [0.15, 0.2) is 51.7 Å². The van der Waals surface area contributed by atoms with Crippen molar-refractivity contribution < 1.29 is 19.1 Å². The second-order valence-electron chi connectivity index (χ2n) is 7.95. The van der Waals surface area contributed by atoms with Crippen LogP contribution in [0.5, 0.6) is 0 Å². The molecule has 31 heavy (non-hydrogen) atoms. The first-order valence-corrected chi connectivity index (χ1v) is 10.4. The third-order valence-corrected chi connectivity index (χ3v) is 6.25. The minimum atomic E-state index is -1.59. The highest BCUT2D eigenvalue weighted by atomic mass is 16.3. The molecule has 7 nitrogen and oxygen atoms in total. The number of anilines is 1. The summed E-state index contributed by atoms with van der Waals surface area (Å²) in [6, 6.07) is 12.4. The van der Waals surface area contributed by atoms with Gasteiger partial charge in [-0.1, -0.05) is 29.8 Å². The molecule has 0 saturated carbocycles. The molecule has 0 radical (unpaired) electrons. The fourth-order valence-corrected chi connectivity index (χ4v) is 4.95. The number of aryl methyl sites for hydroxylation is 1. The fourth-order valence-electron chi connectivity index (χ4n) is 4.95. The lowest BCUT2D eigenvalue weighted by Crippen LogP contribution is -2.53. The molecule has 7 heteroatoms. The summed E-state index contributed by atoms with van der Waals surface area (Å²) in [5.74, 6) is -0.954. The maximum Gasteiger partial charge on any atom is 0.291 e. The van der Waals surface area contributed by atoms with Gasteiger partial charge in [0.25, 0.3) is 11.8 Å². The predicted octanol–water partition coefficient (Wildman–Crippen LogP) is 2.55. The number of hydrogen-bond donors (Lipinski definition) is 1. The van der Waals surface area contributed by atoms with Crippen LogP contribution >= 0.6 is 0 Å². The highest BCUT2D eigenvalue weighted by molar-refractivity contribution is 6.17. The van der Waals surface area contributed by atoms with E-state index in [1.165, 1.54) is 4.90 Å². The van der Waals surface area contributed by atoms with E-state index >= 15 is 0 Å². The quantitative estimate of drug-likeness (QED) is 0.703. The van der Waals surface area contributed by atoms with Gasteiger partial charge in [-0.2, -0.15) is 0 Å². The number of likely N-dealkylation sites (N-methyl/N-ethyl adjacent to an activating group) is 1. The van der Waals surface area contributed by atoms with Crippen molar-refractivity contribution in [2.45, 2.75) is 25.8 Å². The van der Waals surface area contributed by atoms with Gasteiger partial charge in [0, 0.05) is 25.3 Å². The highest BCUT2D eigenvalue weighted by Crippen LogP contribution is 2.52. The van der Waals surface area contributed by atoms with E-state index in [1.54, 1.807) is 29.2 Å². The molecule has 1 atom stereocenters. The zero-order valence-corrected chi connectivity index (χ0v) is 17.3. The van der Waals surface area contributed by atoms with Crippen molar-refractivity contribution in [2.75, 3.05) is 24.6 Å². The van der Waals surface area contributed by atoms with Crippen LogP contribution in [-0.2, 0) is 10.3 Å². The first-order valence-electron chi connectivity index (χ1n) is 10.4. The van der Waals surface area contributed by atoms with Crippen LogP contribution in [-0.4, -0.2) is 41.5 Å². The standard InChI is InChI=1S/C24H22N2O5/c1-3-25-17-8-5-4-7-16(17)24(23(25)30)19-20(28)15-13-14(2)9-10-18(15)31-21(19)22(29)26(24)11-6-12-27/h4-5,7-10,13,27H,3,6,11-12H2,1-2H3. The van der Waals surface area contributed by atoms with Gasteiger partial charge in [0.05, 0.1) is 16.6 Å². The number of carbonyl (C=O) groups excluding carboxylic acids is 2. The monoisotopic (exact) mass is 418 g/mol. The molecule has 2 aliphatic heterocycles. The van der Waals surface area contributed by atoms with Gasteiger partial charge in [-0.15, -0.1) is 0 Å². The van der Waals surface area contributed by atoms with E-state index in [2.05, 4.69) is 0 Å². The third-order valence-electron chi connectivity index (χ3n) is 6.25. The number of rotatable bonds is 4. The van der Waals surface area contributed by atoms with Gasteiger partial charge in [0.2, 0.25) is 5.76 Å². The third kappa shape index (κ3) is 2.35. The van der Waals surface area contributed by atoms with Crippen molar-refractivity contribution in [3.05, 3.63) is 75.1 Å². The van der Waals surface area contributed by atoms with Crippen molar-refractivity contribution in [2.24, 2.45) is 0 Å². The molecule has 3 aromatic rings. The van der Waals surface area contributed by atoms with E-state index in [1.807, 2.05) is 32.0 Å². The van der Waals surface area contributed by atoms with E-state index in [9.17, 15) is 19.5 Å². The first kappa shape index (κ1) is 19.5. The summed E-state index contributed by atoms with van der Waals surface area (Å²) in [5.41, 5.74) is 0.561. The Morgan fingerprint density at radius 1 is 1.10 bits per heavy atom. The zero-order chi connectivity index (χ0) is 21.9. The number of fused-ring (bicyclic) bond motifs is 5. The molecule has 2 aliphatic rings. The Morgan fingerprint density at radius 2 is 1.87 bits per heavy atom. The molecule has 0 aliphatic carbocycles. The fraction of sp³-hybridized carbons (Fsp3) is 0.292. The lowest BCUT2D eigenvalue weighted by molar-refractivity contribution is -0.126. The number of aliphatic hydroxyl groups excluding tert-OH is 1. The van der Waals surface area contributed by atoms with Gasteiger partial charge in [-0.3, -0.25) is 14.4 Å². The molecular weight excluding hydrogens is 396 g/mol. The van der Waals surface area contributed by atoms with Crippen molar-refractivity contribution in [1.82, 2.24) is 4.90 Å². The van der Waals surface area contributed by atoms with E-state index in [-0.39, 0.29) is 42.2 Å². The van der Waals surface area contributed by atoms with Crippen molar-refractivity contribution in [3.8, 4) is 0 Å². The van der Waals surface area contributed by atoms with E-state index < -0.39 is 11.4 Å². The predicted molar refractivity (Wildman–Crippen MR) is 115 cm³/mol. The molecule has 2 aromatic carbocycles. The van der Waals surface area contributed by atoms with Crippen molar-refractivity contribution >= 4 is 28.5 Å². The van der Waals surface area contributed by atoms with E-state index in [4.69, 9.17) is 4.42 Å². The highest BCUT2D eigenvalue weighted by Gasteiger charge is 2.64. The van der Waals surface area contributed by atoms with Gasteiger partial charge in [-0.05, 0) is 38.5 Å². The molecule has 0 bridgehead atoms. The Balaban J connectivity index is 1.92. The Morgan fingerprint density at radius 3 is 2.61 bits per heavy atom. The Hall–Kier alpha value is -3.45. The van der Waals surface area contributed by atoms with Crippen molar-refractivity contribution in [1.29, 1.82) is 0 Å². The molecule has 158 valence electrons. The Bertz CT molecular complexity index is 1310. The molecule has 5 rings (SSSR count). The molecule has 3 heterocycles. The lowest BCUT2D eigenvalue weighted by Gasteiger charge is -2.34. The SMILES string of the molecule is CCN1C(=O)C2(c3ccccc31)c1c(oc3ccc(C)cc3c1=O)C(=O)N2CCCO. The van der Waals surface area contributed by atoms with Crippen LogP contribution in [0.4, 0.5) is 5.69 Å². The summed E-state index contributed by atoms with van der Waals surface area (Å²) in [4.78, 5) is 44.3. The normalized spacial score (nSPS) is 19.6. The zero-order valence-electron chi connectivity index (χ0n) is 17.3. The molecule has 0 fully saturated rings. The maximum atomic E-state index is 13.9. The second-order valence-corrected chi connectivity index (χ2v) is 7.95. The van der Waals surface area contributed by atoms with Gasteiger partial charge in [0.1, 0.15) is 5.58 Å². The van der Waals surface area contributed by atoms with Crippen LogP contribution in [0.1, 0.15) is 40.6 Å². The van der Waals surface area contributed by atoms with Crippen molar-refractivity contribution in [3.63, 3.8) is 0 Å². The van der Waals surface area contributed by atoms with Crippen LogP contribution in [0.3, 0.4) is 0 Å². The second kappa shape index (κ2) is 6.78. The number of nitrogens with zero attached hydrogens (tertiary/aromatic N) is 2.